The van der Waals surface area contributed by atoms with E-state index < -0.39 is 18.3 Å². The Labute approximate surface area is 136 Å². The molecule has 0 unspecified atom stereocenters. The van der Waals surface area contributed by atoms with Gasteiger partial charge in [0.15, 0.2) is 0 Å². The van der Waals surface area contributed by atoms with Crippen LogP contribution in [0.15, 0.2) is 42.5 Å². The number of hydrogen-bond acceptors (Lipinski definition) is 4. The zero-order chi connectivity index (χ0) is 14.8. The van der Waals surface area contributed by atoms with E-state index in [0.29, 0.717) is 0 Å². The Morgan fingerprint density at radius 3 is 2.52 bits per heavy atom. The molecule has 1 atom stereocenters. The topological polar surface area (TPSA) is 61.8 Å². The number of rotatable bonds is 2. The molecule has 0 saturated heterocycles. The van der Waals surface area contributed by atoms with E-state index in [1.165, 1.54) is 4.90 Å². The minimum Gasteiger partial charge on any atom is -0.589 e. The van der Waals surface area contributed by atoms with E-state index >= 15 is 0 Å². The van der Waals surface area contributed by atoms with Crippen molar-refractivity contribution in [3.63, 3.8) is 0 Å². The van der Waals surface area contributed by atoms with Crippen molar-refractivity contribution in [1.82, 2.24) is 4.90 Å². The van der Waals surface area contributed by atoms with Gasteiger partial charge in [-0.3, -0.25) is 4.90 Å². The van der Waals surface area contributed by atoms with Crippen molar-refractivity contribution in [2.24, 2.45) is 5.41 Å². The number of benzene rings is 1. The van der Waals surface area contributed by atoms with Crippen molar-refractivity contribution in [3.05, 3.63) is 48.0 Å². The number of amides is 1. The molecule has 0 spiro atoms. The molecule has 2 rings (SSSR count). The SMILES string of the molecule is CC(C)(C)[C@H]1OC([O-])=CN1C(=O)OCc1ccccc1.[Li+]. The van der Waals surface area contributed by atoms with E-state index in [0.717, 1.165) is 11.8 Å². The van der Waals surface area contributed by atoms with Crippen LogP contribution >= 0.6 is 0 Å². The van der Waals surface area contributed by atoms with Gasteiger partial charge in [-0.25, -0.2) is 4.79 Å². The van der Waals surface area contributed by atoms with Crippen LogP contribution in [0, 0.1) is 5.41 Å². The van der Waals surface area contributed by atoms with E-state index in [4.69, 9.17) is 9.47 Å². The minimum absolute atomic E-state index is 0. The zero-order valence-electron chi connectivity index (χ0n) is 12.8. The average molecular weight is 283 g/mol. The normalized spacial score (nSPS) is 17.6. The van der Waals surface area contributed by atoms with Gasteiger partial charge in [0.1, 0.15) is 6.61 Å². The molecule has 0 aromatic heterocycles. The third kappa shape index (κ3) is 4.45. The summed E-state index contributed by atoms with van der Waals surface area (Å²) in [6.07, 6.45) is -0.0821. The molecule has 0 aliphatic carbocycles. The molecule has 108 valence electrons. The van der Waals surface area contributed by atoms with Crippen LogP contribution in [-0.4, -0.2) is 17.2 Å². The Morgan fingerprint density at radius 2 is 1.95 bits per heavy atom. The third-order valence-corrected chi connectivity index (χ3v) is 2.88. The Kier molecular flexibility index (Phi) is 5.76. The van der Waals surface area contributed by atoms with E-state index in [1.807, 2.05) is 51.1 Å². The van der Waals surface area contributed by atoms with Crippen molar-refractivity contribution in [2.45, 2.75) is 33.6 Å². The predicted molar refractivity (Wildman–Crippen MR) is 70.9 cm³/mol. The maximum atomic E-state index is 12.1. The summed E-state index contributed by atoms with van der Waals surface area (Å²) in [7, 11) is 0. The average Bonchev–Trinajstić information content (AvgIpc) is 2.79. The number of carbonyl (C=O) groups is 1. The monoisotopic (exact) mass is 283 g/mol. The fourth-order valence-corrected chi connectivity index (χ4v) is 1.91. The Balaban J connectivity index is 0.00000220. The molecule has 0 radical (unpaired) electrons. The summed E-state index contributed by atoms with van der Waals surface area (Å²) in [5, 5.41) is 11.4. The van der Waals surface area contributed by atoms with Crippen molar-refractivity contribution >= 4 is 6.09 Å². The molecule has 0 saturated carbocycles. The summed E-state index contributed by atoms with van der Waals surface area (Å²) in [5.74, 6) is -0.526. The second-order valence-corrected chi connectivity index (χ2v) is 5.73. The van der Waals surface area contributed by atoms with Gasteiger partial charge in [-0.2, -0.15) is 0 Å². The number of carbonyl (C=O) groups excluding carboxylic acids is 1. The summed E-state index contributed by atoms with van der Waals surface area (Å²) in [4.78, 5) is 13.3. The Morgan fingerprint density at radius 1 is 1.33 bits per heavy atom. The molecule has 1 aromatic carbocycles. The summed E-state index contributed by atoms with van der Waals surface area (Å²) < 4.78 is 10.4. The van der Waals surface area contributed by atoms with Gasteiger partial charge in [0.25, 0.3) is 0 Å². The summed E-state index contributed by atoms with van der Waals surface area (Å²) >= 11 is 0. The molecular weight excluding hydrogens is 265 g/mol. The van der Waals surface area contributed by atoms with E-state index in [9.17, 15) is 9.90 Å². The fraction of sp³-hybridized carbons (Fsp3) is 0.400. The van der Waals surface area contributed by atoms with Crippen LogP contribution in [0.1, 0.15) is 26.3 Å². The van der Waals surface area contributed by atoms with Gasteiger partial charge < -0.3 is 14.6 Å². The Hall–Kier alpha value is -1.57. The van der Waals surface area contributed by atoms with E-state index in [-0.39, 0.29) is 30.9 Å². The minimum atomic E-state index is -0.640. The first-order valence-corrected chi connectivity index (χ1v) is 6.42. The van der Waals surface area contributed by atoms with Gasteiger partial charge in [0.2, 0.25) is 0 Å². The standard InChI is InChI=1S/C15H19NO4.Li/c1-15(2,3)13-16(9-12(17)20-13)14(18)19-10-11-7-5-4-6-8-11;/h4-9,13,17H,10H2,1-3H3;/q;+1/p-1/t13-;/m1./s1. The quantitative estimate of drug-likeness (QED) is 0.666. The maximum Gasteiger partial charge on any atom is 1.00 e. The second-order valence-electron chi connectivity index (χ2n) is 5.73. The zero-order valence-corrected chi connectivity index (χ0v) is 12.8. The number of ether oxygens (including phenoxy) is 2. The molecule has 1 heterocycles. The van der Waals surface area contributed by atoms with Crippen LogP contribution in [0.3, 0.4) is 0 Å². The molecule has 1 aliphatic rings. The van der Waals surface area contributed by atoms with Crippen LogP contribution in [0.4, 0.5) is 4.79 Å². The molecule has 1 amide bonds. The number of nitrogens with zero attached hydrogens (tertiary/aromatic N) is 1. The summed E-state index contributed by atoms with van der Waals surface area (Å²) in [5.41, 5.74) is 0.508. The van der Waals surface area contributed by atoms with Gasteiger partial charge in [0, 0.05) is 6.20 Å². The van der Waals surface area contributed by atoms with Crippen LogP contribution in [0.25, 0.3) is 0 Å². The molecule has 0 bridgehead atoms. The third-order valence-electron chi connectivity index (χ3n) is 2.88. The van der Waals surface area contributed by atoms with E-state index in [1.54, 1.807) is 0 Å². The molecule has 1 aromatic rings. The largest absolute Gasteiger partial charge is 1.00 e. The van der Waals surface area contributed by atoms with Crippen LogP contribution in [0.5, 0.6) is 0 Å². The van der Waals surface area contributed by atoms with Crippen LogP contribution < -0.4 is 24.0 Å². The first-order chi connectivity index (χ1) is 9.38. The molecule has 5 nitrogen and oxygen atoms in total. The summed E-state index contributed by atoms with van der Waals surface area (Å²) in [6.45, 7) is 5.83. The van der Waals surface area contributed by atoms with Gasteiger partial charge in [-0.15, -0.1) is 0 Å². The maximum absolute atomic E-state index is 12.1. The smallest absolute Gasteiger partial charge is 0.589 e. The molecular formula is C15H18LiNO4. The van der Waals surface area contributed by atoms with Crippen molar-refractivity contribution < 1.29 is 38.2 Å². The van der Waals surface area contributed by atoms with Crippen molar-refractivity contribution in [2.75, 3.05) is 0 Å². The first-order valence-electron chi connectivity index (χ1n) is 6.42. The van der Waals surface area contributed by atoms with Crippen molar-refractivity contribution in [3.8, 4) is 0 Å². The molecule has 0 fully saturated rings. The second kappa shape index (κ2) is 6.93. The van der Waals surface area contributed by atoms with Crippen LogP contribution in [0.2, 0.25) is 0 Å². The predicted octanol–water partition coefficient (Wildman–Crippen LogP) is -0.809. The van der Waals surface area contributed by atoms with Crippen LogP contribution in [-0.2, 0) is 16.1 Å². The molecule has 6 heteroatoms. The molecule has 1 aliphatic heterocycles. The van der Waals surface area contributed by atoms with E-state index in [2.05, 4.69) is 0 Å². The molecule has 0 N–H and O–H groups in total. The van der Waals surface area contributed by atoms with Gasteiger partial charge in [0.05, 0.1) is 12.2 Å². The fourth-order valence-electron chi connectivity index (χ4n) is 1.91. The molecule has 21 heavy (non-hydrogen) atoms. The first kappa shape index (κ1) is 17.5. The van der Waals surface area contributed by atoms with Gasteiger partial charge >= 0.3 is 25.0 Å². The van der Waals surface area contributed by atoms with Gasteiger partial charge in [-0.05, 0) is 11.0 Å². The van der Waals surface area contributed by atoms with Crippen molar-refractivity contribution in [1.29, 1.82) is 0 Å². The van der Waals surface area contributed by atoms with Gasteiger partial charge in [-0.1, -0.05) is 51.1 Å². The Bertz CT molecular complexity index is 510. The summed E-state index contributed by atoms with van der Waals surface area (Å²) in [6, 6.07) is 9.36. The number of hydrogen-bond donors (Lipinski definition) is 0.